The minimum atomic E-state index is 1.03. The lowest BCUT2D eigenvalue weighted by Crippen LogP contribution is -1.95. The number of hydrogen-bond acceptors (Lipinski definition) is 2. The molecule has 2 rings (SSSR count). The van der Waals surface area contributed by atoms with Crippen molar-refractivity contribution in [2.45, 2.75) is 39.0 Å². The second-order valence-corrected chi connectivity index (χ2v) is 5.14. The fourth-order valence-corrected chi connectivity index (χ4v) is 2.93. The Balaban J connectivity index is 0.000000956. The van der Waals surface area contributed by atoms with Gasteiger partial charge in [0.05, 0.1) is 5.69 Å². The van der Waals surface area contributed by atoms with Crippen LogP contribution in [0.4, 0.5) is 5.69 Å². The highest BCUT2D eigenvalue weighted by Crippen LogP contribution is 2.39. The van der Waals surface area contributed by atoms with Gasteiger partial charge >= 0.3 is 0 Å². The standard InChI is InChI=1S/C16H17NS.C2H6/c1-4-6-10-15-13(5-2)12(3)17-14-9-7-8-11-16(14)18-15;1-2/h5-11H,2,4H2,1,3H3;1-2H3/b10-6-;. The minimum absolute atomic E-state index is 1.03. The Morgan fingerprint density at radius 1 is 1.25 bits per heavy atom. The van der Waals surface area contributed by atoms with Crippen LogP contribution in [0, 0.1) is 0 Å². The summed E-state index contributed by atoms with van der Waals surface area (Å²) in [5.41, 5.74) is 3.19. The first kappa shape index (κ1) is 16.5. The van der Waals surface area contributed by atoms with Gasteiger partial charge in [-0.1, -0.05) is 69.5 Å². The van der Waals surface area contributed by atoms with E-state index in [9.17, 15) is 0 Å². The molecule has 0 spiro atoms. The lowest BCUT2D eigenvalue weighted by Gasteiger charge is -2.05. The number of nitrogens with zero attached hydrogens (tertiary/aromatic N) is 1. The first-order valence-corrected chi connectivity index (χ1v) is 7.93. The largest absolute Gasteiger partial charge is 0.252 e. The Morgan fingerprint density at radius 3 is 2.60 bits per heavy atom. The van der Waals surface area contributed by atoms with Crippen LogP contribution in [0.15, 0.2) is 69.4 Å². The minimum Gasteiger partial charge on any atom is -0.252 e. The van der Waals surface area contributed by atoms with E-state index in [0.29, 0.717) is 0 Å². The van der Waals surface area contributed by atoms with Gasteiger partial charge in [-0.05, 0) is 25.5 Å². The Bertz CT molecular complexity index is 550. The predicted molar refractivity (Wildman–Crippen MR) is 93.1 cm³/mol. The molecule has 0 saturated carbocycles. The van der Waals surface area contributed by atoms with Crippen molar-refractivity contribution >= 4 is 23.2 Å². The number of benzene rings is 1. The van der Waals surface area contributed by atoms with Crippen LogP contribution in [0.1, 0.15) is 34.1 Å². The van der Waals surface area contributed by atoms with Crippen molar-refractivity contribution in [3.05, 3.63) is 59.6 Å². The fraction of sp³-hybridized carbons (Fsp3) is 0.278. The van der Waals surface area contributed by atoms with Crippen LogP contribution >= 0.6 is 11.8 Å². The zero-order chi connectivity index (χ0) is 15.0. The van der Waals surface area contributed by atoms with Gasteiger partial charge in [0.15, 0.2) is 0 Å². The molecule has 106 valence electrons. The molecular formula is C18H23NS. The molecule has 1 aliphatic heterocycles. The van der Waals surface area contributed by atoms with Crippen molar-refractivity contribution in [2.75, 3.05) is 0 Å². The summed E-state index contributed by atoms with van der Waals surface area (Å²) in [6.07, 6.45) is 7.27. The zero-order valence-corrected chi connectivity index (χ0v) is 13.6. The van der Waals surface area contributed by atoms with Crippen molar-refractivity contribution in [3.63, 3.8) is 0 Å². The molecule has 1 heterocycles. The highest BCUT2D eigenvalue weighted by molar-refractivity contribution is 8.03. The summed E-state index contributed by atoms with van der Waals surface area (Å²) in [4.78, 5) is 7.10. The number of fused-ring (bicyclic) bond motifs is 1. The van der Waals surface area contributed by atoms with E-state index in [4.69, 9.17) is 0 Å². The smallest absolute Gasteiger partial charge is 0.0772 e. The Labute approximate surface area is 127 Å². The van der Waals surface area contributed by atoms with Gasteiger partial charge < -0.3 is 0 Å². The van der Waals surface area contributed by atoms with E-state index in [2.05, 4.69) is 48.8 Å². The summed E-state index contributed by atoms with van der Waals surface area (Å²) in [5.74, 6) is 0. The van der Waals surface area contributed by atoms with E-state index >= 15 is 0 Å². The van der Waals surface area contributed by atoms with Gasteiger partial charge in [0, 0.05) is 21.1 Å². The van der Waals surface area contributed by atoms with Crippen LogP contribution < -0.4 is 0 Å². The van der Waals surface area contributed by atoms with Gasteiger partial charge in [0.25, 0.3) is 0 Å². The molecule has 0 aliphatic carbocycles. The van der Waals surface area contributed by atoms with Crippen LogP contribution in [0.5, 0.6) is 0 Å². The molecule has 0 aromatic heterocycles. The number of rotatable bonds is 3. The number of para-hydroxylation sites is 1. The van der Waals surface area contributed by atoms with E-state index in [1.54, 1.807) is 11.8 Å². The van der Waals surface area contributed by atoms with Crippen molar-refractivity contribution in [3.8, 4) is 0 Å². The van der Waals surface area contributed by atoms with Crippen LogP contribution in [0.3, 0.4) is 0 Å². The van der Waals surface area contributed by atoms with Crippen molar-refractivity contribution in [1.29, 1.82) is 0 Å². The van der Waals surface area contributed by atoms with Gasteiger partial charge in [-0.3, -0.25) is 4.99 Å². The molecule has 0 saturated heterocycles. The monoisotopic (exact) mass is 285 g/mol. The molecule has 1 aliphatic rings. The molecule has 20 heavy (non-hydrogen) atoms. The molecule has 1 aromatic carbocycles. The Kier molecular flexibility index (Phi) is 7.10. The summed E-state index contributed by atoms with van der Waals surface area (Å²) in [6.45, 7) is 12.1. The molecule has 0 amide bonds. The molecular weight excluding hydrogens is 262 g/mol. The van der Waals surface area contributed by atoms with E-state index in [-0.39, 0.29) is 0 Å². The summed E-state index contributed by atoms with van der Waals surface area (Å²) in [6, 6.07) is 8.25. The Morgan fingerprint density at radius 2 is 1.95 bits per heavy atom. The molecule has 0 fully saturated rings. The number of allylic oxidation sites excluding steroid dienone is 4. The van der Waals surface area contributed by atoms with Crippen molar-refractivity contribution < 1.29 is 0 Å². The molecule has 0 unspecified atom stereocenters. The lowest BCUT2D eigenvalue weighted by molar-refractivity contribution is 1.22. The van der Waals surface area contributed by atoms with Gasteiger partial charge in [-0.2, -0.15) is 0 Å². The van der Waals surface area contributed by atoms with Crippen molar-refractivity contribution in [2.24, 2.45) is 4.99 Å². The number of aliphatic imine (C=N–C) groups is 1. The molecule has 0 bridgehead atoms. The Hall–Kier alpha value is -1.54. The third kappa shape index (κ3) is 3.97. The summed E-state index contributed by atoms with van der Waals surface area (Å²) < 4.78 is 0. The predicted octanol–water partition coefficient (Wildman–Crippen LogP) is 6.32. The molecule has 1 nitrogen and oxygen atoms in total. The molecule has 1 aromatic rings. The van der Waals surface area contributed by atoms with Gasteiger partial charge in [0.2, 0.25) is 0 Å². The van der Waals surface area contributed by atoms with Crippen LogP contribution in [0.2, 0.25) is 0 Å². The van der Waals surface area contributed by atoms with E-state index in [1.165, 1.54) is 9.80 Å². The second-order valence-electron chi connectivity index (χ2n) is 4.06. The first-order chi connectivity index (χ1) is 9.76. The summed E-state index contributed by atoms with van der Waals surface area (Å²) in [5, 5.41) is 0. The quantitative estimate of drug-likeness (QED) is 0.633. The summed E-state index contributed by atoms with van der Waals surface area (Å²) >= 11 is 1.76. The van der Waals surface area contributed by atoms with Gasteiger partial charge in [-0.15, -0.1) is 0 Å². The van der Waals surface area contributed by atoms with Crippen LogP contribution in [-0.2, 0) is 0 Å². The van der Waals surface area contributed by atoms with Crippen LogP contribution in [-0.4, -0.2) is 5.71 Å². The highest BCUT2D eigenvalue weighted by Gasteiger charge is 2.13. The molecule has 0 N–H and O–H groups in total. The third-order valence-corrected chi connectivity index (χ3v) is 3.88. The molecule has 0 atom stereocenters. The topological polar surface area (TPSA) is 12.4 Å². The average Bonchev–Trinajstić information content (AvgIpc) is 2.62. The summed E-state index contributed by atoms with van der Waals surface area (Å²) in [7, 11) is 0. The number of thioether (sulfide) groups is 1. The molecule has 0 radical (unpaired) electrons. The lowest BCUT2D eigenvalue weighted by atomic mass is 10.1. The van der Waals surface area contributed by atoms with Gasteiger partial charge in [-0.25, -0.2) is 0 Å². The van der Waals surface area contributed by atoms with E-state index in [1.807, 2.05) is 32.9 Å². The maximum atomic E-state index is 4.68. The SMILES string of the molecule is C=CC1=C(/C=C\CC)Sc2ccccc2N=C1C.CC. The van der Waals surface area contributed by atoms with Crippen LogP contribution in [0.25, 0.3) is 0 Å². The maximum Gasteiger partial charge on any atom is 0.0772 e. The highest BCUT2D eigenvalue weighted by atomic mass is 32.2. The number of hydrogen-bond donors (Lipinski definition) is 0. The average molecular weight is 285 g/mol. The fourth-order valence-electron chi connectivity index (χ4n) is 1.83. The zero-order valence-electron chi connectivity index (χ0n) is 12.8. The first-order valence-electron chi connectivity index (χ1n) is 7.12. The molecule has 2 heteroatoms. The van der Waals surface area contributed by atoms with E-state index in [0.717, 1.165) is 23.4 Å². The second kappa shape index (κ2) is 8.60. The van der Waals surface area contributed by atoms with E-state index < -0.39 is 0 Å². The van der Waals surface area contributed by atoms with Gasteiger partial charge in [0.1, 0.15) is 0 Å². The van der Waals surface area contributed by atoms with Crippen molar-refractivity contribution in [1.82, 2.24) is 0 Å². The third-order valence-electron chi connectivity index (χ3n) is 2.74. The maximum absolute atomic E-state index is 4.68. The normalized spacial score (nSPS) is 14.1.